The van der Waals surface area contributed by atoms with E-state index in [1.54, 1.807) is 14.0 Å². The molecule has 13 heavy (non-hydrogen) atoms. The maximum absolute atomic E-state index is 11.6. The van der Waals surface area contributed by atoms with E-state index in [4.69, 9.17) is 4.74 Å². The number of carbonyl (C=O) groups excluding carboxylic acids is 1. The number of hydrogen-bond donors (Lipinski definition) is 0. The first kappa shape index (κ1) is 10.5. The van der Waals surface area contributed by atoms with Crippen LogP contribution in [0.3, 0.4) is 0 Å². The quantitative estimate of drug-likeness (QED) is 0.598. The fraction of sp³-hybridized carbons (Fsp3) is 0.889. The molecule has 0 aromatic carbocycles. The Morgan fingerprint density at radius 1 is 1.31 bits per heavy atom. The summed E-state index contributed by atoms with van der Waals surface area (Å²) < 4.78 is 4.99. The van der Waals surface area contributed by atoms with E-state index in [9.17, 15) is 4.79 Å². The van der Waals surface area contributed by atoms with Crippen molar-refractivity contribution in [1.29, 1.82) is 0 Å². The molecule has 1 fully saturated rings. The van der Waals surface area contributed by atoms with Crippen LogP contribution in [0.1, 0.15) is 6.92 Å². The van der Waals surface area contributed by atoms with Crippen LogP contribution in [-0.2, 0) is 9.53 Å². The van der Waals surface area contributed by atoms with Crippen LogP contribution in [-0.4, -0.2) is 62.1 Å². The van der Waals surface area contributed by atoms with Gasteiger partial charge < -0.3 is 14.5 Å². The van der Waals surface area contributed by atoms with Crippen molar-refractivity contribution in [1.82, 2.24) is 9.80 Å². The Balaban J connectivity index is 2.40. The zero-order chi connectivity index (χ0) is 9.84. The van der Waals surface area contributed by atoms with Crippen LogP contribution >= 0.6 is 0 Å². The second kappa shape index (κ2) is 4.58. The minimum absolute atomic E-state index is 0.107. The highest BCUT2D eigenvalue weighted by molar-refractivity contribution is 5.80. The lowest BCUT2D eigenvalue weighted by atomic mass is 10.3. The molecule has 0 aromatic rings. The van der Waals surface area contributed by atoms with E-state index in [-0.39, 0.29) is 12.0 Å². The predicted molar refractivity (Wildman–Crippen MR) is 50.5 cm³/mol. The van der Waals surface area contributed by atoms with E-state index < -0.39 is 0 Å². The van der Waals surface area contributed by atoms with Crippen molar-refractivity contribution >= 4 is 5.91 Å². The lowest BCUT2D eigenvalue weighted by Crippen LogP contribution is -2.50. The Hall–Kier alpha value is -0.610. The van der Waals surface area contributed by atoms with Crippen molar-refractivity contribution in [2.75, 3.05) is 40.3 Å². The first-order chi connectivity index (χ1) is 6.15. The molecule has 1 saturated heterocycles. The van der Waals surface area contributed by atoms with E-state index in [1.165, 1.54) is 0 Å². The van der Waals surface area contributed by atoms with Gasteiger partial charge in [-0.3, -0.25) is 4.79 Å². The minimum Gasteiger partial charge on any atom is -0.372 e. The summed E-state index contributed by atoms with van der Waals surface area (Å²) in [5.41, 5.74) is 0. The zero-order valence-corrected chi connectivity index (χ0v) is 8.62. The Morgan fingerprint density at radius 2 is 1.85 bits per heavy atom. The van der Waals surface area contributed by atoms with Crippen molar-refractivity contribution in [3.05, 3.63) is 0 Å². The van der Waals surface area contributed by atoms with Gasteiger partial charge in [0.25, 0.3) is 5.91 Å². The molecular weight excluding hydrogens is 168 g/mol. The molecule has 0 aromatic heterocycles. The minimum atomic E-state index is -0.302. The zero-order valence-electron chi connectivity index (χ0n) is 8.62. The summed E-state index contributed by atoms with van der Waals surface area (Å²) in [6.45, 7) is 5.36. The number of likely N-dealkylation sites (N-methyl/N-ethyl adjacent to an activating group) is 1. The maximum atomic E-state index is 11.6. The molecule has 0 N–H and O–H groups in total. The third kappa shape index (κ3) is 2.67. The third-order valence-corrected chi connectivity index (χ3v) is 2.52. The molecule has 1 atom stereocenters. The normalized spacial score (nSPS) is 21.6. The smallest absolute Gasteiger partial charge is 0.251 e. The van der Waals surface area contributed by atoms with E-state index >= 15 is 0 Å². The average molecular weight is 186 g/mol. The van der Waals surface area contributed by atoms with Crippen LogP contribution in [0.4, 0.5) is 0 Å². The molecule has 0 aliphatic carbocycles. The molecule has 4 heteroatoms. The highest BCUT2D eigenvalue weighted by atomic mass is 16.5. The number of hydrogen-bond acceptors (Lipinski definition) is 3. The first-order valence-electron chi connectivity index (χ1n) is 4.65. The number of nitrogens with zero attached hydrogens (tertiary/aromatic N) is 2. The summed E-state index contributed by atoms with van der Waals surface area (Å²) in [5.74, 6) is 0.107. The van der Waals surface area contributed by atoms with Crippen LogP contribution in [0, 0.1) is 0 Å². The summed E-state index contributed by atoms with van der Waals surface area (Å²) in [7, 11) is 3.64. The van der Waals surface area contributed by atoms with Crippen LogP contribution in [0.15, 0.2) is 0 Å². The number of carbonyl (C=O) groups is 1. The van der Waals surface area contributed by atoms with Crippen molar-refractivity contribution in [2.24, 2.45) is 0 Å². The Bertz CT molecular complexity index is 176. The molecule has 0 radical (unpaired) electrons. The van der Waals surface area contributed by atoms with Gasteiger partial charge in [-0.25, -0.2) is 0 Å². The monoisotopic (exact) mass is 186 g/mol. The highest BCUT2D eigenvalue weighted by Crippen LogP contribution is 2.03. The third-order valence-electron chi connectivity index (χ3n) is 2.52. The van der Waals surface area contributed by atoms with Crippen LogP contribution in [0.5, 0.6) is 0 Å². The summed E-state index contributed by atoms with van der Waals surface area (Å²) in [5, 5.41) is 0. The topological polar surface area (TPSA) is 32.8 Å². The van der Waals surface area contributed by atoms with Gasteiger partial charge in [-0.2, -0.15) is 0 Å². The van der Waals surface area contributed by atoms with Crippen molar-refractivity contribution in [2.45, 2.75) is 13.0 Å². The molecule has 76 valence electrons. The SMILES string of the molecule is CO[C@H](C)C(=O)N1CCN(C)CC1. The van der Waals surface area contributed by atoms with E-state index in [0.29, 0.717) is 0 Å². The lowest BCUT2D eigenvalue weighted by molar-refractivity contribution is -0.142. The van der Waals surface area contributed by atoms with Gasteiger partial charge >= 0.3 is 0 Å². The maximum Gasteiger partial charge on any atom is 0.251 e. The molecule has 0 saturated carbocycles. The highest BCUT2D eigenvalue weighted by Gasteiger charge is 2.22. The van der Waals surface area contributed by atoms with Crippen LogP contribution in [0.2, 0.25) is 0 Å². The van der Waals surface area contributed by atoms with Crippen LogP contribution in [0.25, 0.3) is 0 Å². The number of rotatable bonds is 2. The second-order valence-corrected chi connectivity index (χ2v) is 3.51. The molecule has 4 nitrogen and oxygen atoms in total. The fourth-order valence-electron chi connectivity index (χ4n) is 1.38. The second-order valence-electron chi connectivity index (χ2n) is 3.51. The van der Waals surface area contributed by atoms with Gasteiger partial charge in [0.15, 0.2) is 0 Å². The molecule has 0 unspecified atom stereocenters. The van der Waals surface area contributed by atoms with Gasteiger partial charge in [0.2, 0.25) is 0 Å². The summed E-state index contributed by atoms with van der Waals surface area (Å²) >= 11 is 0. The summed E-state index contributed by atoms with van der Waals surface area (Å²) in [6, 6.07) is 0. The van der Waals surface area contributed by atoms with Crippen molar-refractivity contribution in [3.63, 3.8) is 0 Å². The number of methoxy groups -OCH3 is 1. The standard InChI is InChI=1S/C9H18N2O2/c1-8(13-3)9(12)11-6-4-10(2)5-7-11/h8H,4-7H2,1-3H3/t8-/m1/s1. The molecule has 0 bridgehead atoms. The number of amides is 1. The van der Waals surface area contributed by atoms with Crippen molar-refractivity contribution in [3.8, 4) is 0 Å². The summed E-state index contributed by atoms with van der Waals surface area (Å²) in [6.07, 6.45) is -0.302. The number of ether oxygens (including phenoxy) is 1. The molecule has 1 amide bonds. The molecule has 1 heterocycles. The lowest BCUT2D eigenvalue weighted by Gasteiger charge is -2.33. The predicted octanol–water partition coefficient (Wildman–Crippen LogP) is -0.205. The van der Waals surface area contributed by atoms with Gasteiger partial charge in [0.1, 0.15) is 6.10 Å². The Kier molecular flexibility index (Phi) is 3.69. The Labute approximate surface area is 79.4 Å². The van der Waals surface area contributed by atoms with Gasteiger partial charge in [-0.15, -0.1) is 0 Å². The van der Waals surface area contributed by atoms with Crippen LogP contribution < -0.4 is 0 Å². The van der Waals surface area contributed by atoms with Gasteiger partial charge in [0.05, 0.1) is 0 Å². The van der Waals surface area contributed by atoms with E-state index in [0.717, 1.165) is 26.2 Å². The van der Waals surface area contributed by atoms with Gasteiger partial charge in [-0.05, 0) is 14.0 Å². The molecular formula is C9H18N2O2. The van der Waals surface area contributed by atoms with Crippen molar-refractivity contribution < 1.29 is 9.53 Å². The number of piperazine rings is 1. The summed E-state index contributed by atoms with van der Waals surface area (Å²) in [4.78, 5) is 15.7. The average Bonchev–Trinajstić information content (AvgIpc) is 2.17. The Morgan fingerprint density at radius 3 is 2.31 bits per heavy atom. The largest absolute Gasteiger partial charge is 0.372 e. The molecule has 1 aliphatic rings. The fourth-order valence-corrected chi connectivity index (χ4v) is 1.38. The first-order valence-corrected chi connectivity index (χ1v) is 4.65. The van der Waals surface area contributed by atoms with E-state index in [2.05, 4.69) is 11.9 Å². The van der Waals surface area contributed by atoms with E-state index in [1.807, 2.05) is 4.90 Å². The molecule has 1 rings (SSSR count). The van der Waals surface area contributed by atoms with Gasteiger partial charge in [-0.1, -0.05) is 0 Å². The molecule has 1 aliphatic heterocycles. The molecule has 0 spiro atoms. The van der Waals surface area contributed by atoms with Gasteiger partial charge in [0, 0.05) is 33.3 Å².